The van der Waals surface area contributed by atoms with Crippen LogP contribution in [0.25, 0.3) is 21.3 Å². The third-order valence-corrected chi connectivity index (χ3v) is 8.77. The van der Waals surface area contributed by atoms with Crippen molar-refractivity contribution in [3.05, 3.63) is 45.9 Å². The number of imide groups is 1. The van der Waals surface area contributed by atoms with Gasteiger partial charge in [-0.25, -0.2) is 0 Å². The molecule has 2 fully saturated rings. The van der Waals surface area contributed by atoms with Gasteiger partial charge in [0, 0.05) is 53.2 Å². The Morgan fingerprint density at radius 1 is 1.15 bits per heavy atom. The average Bonchev–Trinajstić information content (AvgIpc) is 3.39. The second kappa shape index (κ2) is 10.1. The van der Waals surface area contributed by atoms with Gasteiger partial charge in [0.15, 0.2) is 0 Å². The molecular formula is C25H25ClIN3O3S. The first-order chi connectivity index (χ1) is 16.4. The van der Waals surface area contributed by atoms with E-state index in [1.807, 2.05) is 31.2 Å². The third-order valence-electron chi connectivity index (χ3n) is 6.45. The molecule has 0 aliphatic carbocycles. The van der Waals surface area contributed by atoms with Crippen LogP contribution in [0.1, 0.15) is 36.1 Å². The van der Waals surface area contributed by atoms with Gasteiger partial charge >= 0.3 is 0 Å². The molecule has 0 bridgehead atoms. The lowest BCUT2D eigenvalue weighted by Gasteiger charge is -2.31. The van der Waals surface area contributed by atoms with Crippen LogP contribution in [0, 0.1) is 6.92 Å². The lowest BCUT2D eigenvalue weighted by molar-refractivity contribution is -0.138. The predicted molar refractivity (Wildman–Crippen MR) is 144 cm³/mol. The maximum Gasteiger partial charge on any atom is 0.230 e. The maximum absolute atomic E-state index is 12.1. The number of aromatic nitrogens is 1. The van der Waals surface area contributed by atoms with Crippen LogP contribution in [-0.4, -0.2) is 50.3 Å². The Balaban J connectivity index is 1.50. The van der Waals surface area contributed by atoms with Gasteiger partial charge in [0.2, 0.25) is 11.8 Å². The van der Waals surface area contributed by atoms with Crippen LogP contribution < -0.4 is 4.74 Å². The molecule has 3 aromatic rings. The number of carbonyl (C=O) groups excluding carboxylic acids is 2. The minimum absolute atomic E-state index is 0.106. The summed E-state index contributed by atoms with van der Waals surface area (Å²) in [6, 6.07) is 7.88. The number of rotatable bonds is 6. The highest BCUT2D eigenvalue weighted by Gasteiger charge is 2.29. The molecule has 178 valence electrons. The average molecular weight is 610 g/mol. The number of alkyl halides is 1. The Labute approximate surface area is 221 Å². The second-order valence-electron chi connectivity index (χ2n) is 8.81. The number of thiophene rings is 1. The van der Waals surface area contributed by atoms with Crippen molar-refractivity contribution in [2.45, 2.75) is 45.3 Å². The van der Waals surface area contributed by atoms with E-state index in [1.54, 1.807) is 17.5 Å². The largest absolute Gasteiger partial charge is 0.489 e. The number of pyridine rings is 1. The molecule has 0 atom stereocenters. The lowest BCUT2D eigenvalue weighted by Crippen LogP contribution is -2.37. The fourth-order valence-corrected chi connectivity index (χ4v) is 6.72. The van der Waals surface area contributed by atoms with Crippen molar-refractivity contribution < 1.29 is 14.3 Å². The Morgan fingerprint density at radius 3 is 2.59 bits per heavy atom. The molecule has 0 unspecified atom stereocenters. The maximum atomic E-state index is 12.1. The predicted octanol–water partition coefficient (Wildman–Crippen LogP) is 5.81. The van der Waals surface area contributed by atoms with E-state index in [2.05, 4.69) is 32.5 Å². The molecule has 1 aromatic carbocycles. The van der Waals surface area contributed by atoms with Crippen LogP contribution in [0.3, 0.4) is 0 Å². The van der Waals surface area contributed by atoms with E-state index >= 15 is 0 Å². The van der Waals surface area contributed by atoms with Gasteiger partial charge in [-0.3, -0.25) is 24.4 Å². The number of amides is 2. The van der Waals surface area contributed by atoms with Gasteiger partial charge in [-0.2, -0.15) is 0 Å². The monoisotopic (exact) mass is 609 g/mol. The molecule has 0 saturated carbocycles. The molecule has 0 N–H and O–H groups in total. The molecule has 5 rings (SSSR count). The number of likely N-dealkylation sites (tertiary alicyclic amines) is 2. The first kappa shape index (κ1) is 24.0. The van der Waals surface area contributed by atoms with Gasteiger partial charge in [-0.1, -0.05) is 34.2 Å². The number of aryl methyl sites for hydroxylation is 1. The van der Waals surface area contributed by atoms with Gasteiger partial charge in [0.25, 0.3) is 0 Å². The Kier molecular flexibility index (Phi) is 7.11. The third kappa shape index (κ3) is 4.82. The molecular weight excluding hydrogens is 585 g/mol. The van der Waals surface area contributed by atoms with Crippen molar-refractivity contribution >= 4 is 67.6 Å². The fraction of sp³-hybridized carbons (Fsp3) is 0.400. The number of hydrogen-bond donors (Lipinski definition) is 0. The van der Waals surface area contributed by atoms with Gasteiger partial charge in [0.1, 0.15) is 11.9 Å². The van der Waals surface area contributed by atoms with Crippen LogP contribution in [0.15, 0.2) is 30.5 Å². The number of ether oxygens (including phenoxy) is 1. The highest BCUT2D eigenvalue weighted by molar-refractivity contribution is 14.1. The zero-order valence-corrected chi connectivity index (χ0v) is 22.6. The molecule has 6 nitrogen and oxygen atoms in total. The summed E-state index contributed by atoms with van der Waals surface area (Å²) in [6.45, 7) is 4.41. The van der Waals surface area contributed by atoms with E-state index in [0.717, 1.165) is 68.0 Å². The van der Waals surface area contributed by atoms with Crippen LogP contribution in [0.5, 0.6) is 5.75 Å². The van der Waals surface area contributed by atoms with E-state index < -0.39 is 0 Å². The molecule has 2 aliphatic heterocycles. The smallest absolute Gasteiger partial charge is 0.230 e. The number of fused-ring (bicyclic) bond motifs is 1. The first-order valence-electron chi connectivity index (χ1n) is 11.4. The van der Waals surface area contributed by atoms with Crippen molar-refractivity contribution in [2.24, 2.45) is 0 Å². The summed E-state index contributed by atoms with van der Waals surface area (Å²) in [5, 5.41) is 0.662. The quantitative estimate of drug-likeness (QED) is 0.153. The Hall–Kier alpha value is -1.75. The molecule has 2 saturated heterocycles. The minimum Gasteiger partial charge on any atom is -0.489 e. The Morgan fingerprint density at radius 2 is 1.88 bits per heavy atom. The normalized spacial score (nSPS) is 17.8. The van der Waals surface area contributed by atoms with E-state index in [4.69, 9.17) is 16.3 Å². The number of carbonyl (C=O) groups is 2. The second-order valence-corrected chi connectivity index (χ2v) is 11.1. The van der Waals surface area contributed by atoms with E-state index in [-0.39, 0.29) is 17.9 Å². The number of halogens is 2. The number of nitrogens with zero attached hydrogens (tertiary/aromatic N) is 3. The van der Waals surface area contributed by atoms with Crippen molar-refractivity contribution in [1.29, 1.82) is 0 Å². The molecule has 9 heteroatoms. The summed E-state index contributed by atoms with van der Waals surface area (Å²) in [4.78, 5) is 33.5. The topological polar surface area (TPSA) is 62.7 Å². The molecule has 2 amide bonds. The summed E-state index contributed by atoms with van der Waals surface area (Å²) < 4.78 is 8.65. The number of benzene rings is 1. The lowest BCUT2D eigenvalue weighted by atomic mass is 10.0. The van der Waals surface area contributed by atoms with Crippen molar-refractivity contribution in [2.75, 3.05) is 17.6 Å². The minimum atomic E-state index is -0.106. The molecule has 2 aliphatic rings. The van der Waals surface area contributed by atoms with Crippen LogP contribution >= 0.6 is 45.5 Å². The van der Waals surface area contributed by atoms with Gasteiger partial charge in [0.05, 0.1) is 21.3 Å². The molecule has 34 heavy (non-hydrogen) atoms. The van der Waals surface area contributed by atoms with E-state index in [1.165, 1.54) is 4.90 Å². The van der Waals surface area contributed by atoms with Crippen molar-refractivity contribution in [3.8, 4) is 16.9 Å². The molecule has 0 radical (unpaired) electrons. The molecule has 0 spiro atoms. The summed E-state index contributed by atoms with van der Waals surface area (Å²) in [6.07, 6.45) is 4.55. The van der Waals surface area contributed by atoms with Crippen LogP contribution in [0.4, 0.5) is 0 Å². The zero-order valence-electron chi connectivity index (χ0n) is 18.9. The summed E-state index contributed by atoms with van der Waals surface area (Å²) in [5.41, 5.74) is 3.81. The molecule has 2 aromatic heterocycles. The van der Waals surface area contributed by atoms with Crippen LogP contribution in [-0.2, 0) is 16.1 Å². The first-order valence-corrected chi connectivity index (χ1v) is 14.1. The van der Waals surface area contributed by atoms with Crippen molar-refractivity contribution in [3.63, 3.8) is 0 Å². The fourth-order valence-electron chi connectivity index (χ4n) is 4.63. The Bertz CT molecular complexity index is 1240. The van der Waals surface area contributed by atoms with Crippen molar-refractivity contribution in [1.82, 2.24) is 14.8 Å². The summed E-state index contributed by atoms with van der Waals surface area (Å²) in [5.74, 6) is 0.653. The number of piperidine rings is 1. The van der Waals surface area contributed by atoms with Gasteiger partial charge < -0.3 is 4.74 Å². The highest BCUT2D eigenvalue weighted by atomic mass is 127. The highest BCUT2D eigenvalue weighted by Crippen LogP contribution is 2.42. The summed E-state index contributed by atoms with van der Waals surface area (Å²) >= 11 is 10.5. The van der Waals surface area contributed by atoms with E-state index in [9.17, 15) is 9.59 Å². The van der Waals surface area contributed by atoms with Crippen LogP contribution in [0.2, 0.25) is 5.02 Å². The van der Waals surface area contributed by atoms with E-state index in [0.29, 0.717) is 24.4 Å². The van der Waals surface area contributed by atoms with Gasteiger partial charge in [-0.05, 0) is 49.6 Å². The SMILES string of the molecule is Cc1cc(Cl)cc(-c2ccnc3cc(CN4C(=O)CCC4=O)sc23)c1OC1CCN(CI)CC1. The summed E-state index contributed by atoms with van der Waals surface area (Å²) in [7, 11) is 0. The van der Waals surface area contributed by atoms with Gasteiger partial charge in [-0.15, -0.1) is 11.3 Å². The standard InChI is InChI=1S/C25H25ClIN3O3S/c1-15-10-16(26)11-20(24(15)33-17-5-8-29(14-27)9-6-17)19-4-7-28-21-12-18(34-25(19)21)13-30-22(31)2-3-23(30)32/h4,7,10-12,17H,2-3,5-6,8-9,13-14H2,1H3. The zero-order chi connectivity index (χ0) is 23.8. The molecule has 4 heterocycles. The number of hydrogen-bond acceptors (Lipinski definition) is 6.